The summed E-state index contributed by atoms with van der Waals surface area (Å²) in [6.07, 6.45) is 7.96. The van der Waals surface area contributed by atoms with Crippen LogP contribution < -0.4 is 11.5 Å². The van der Waals surface area contributed by atoms with E-state index in [1.165, 1.54) is 5.56 Å². The maximum absolute atomic E-state index is 5.30. The largest absolute Gasteiger partial charge is 0.369 e. The zero-order valence-electron chi connectivity index (χ0n) is 13.2. The number of fused-ring (bicyclic) bond motifs is 1. The molecule has 0 bridgehead atoms. The summed E-state index contributed by atoms with van der Waals surface area (Å²) in [5.74, 6) is -0.0548. The molecule has 4 N–H and O–H groups in total. The first-order valence-corrected chi connectivity index (χ1v) is 7.65. The molecule has 1 aromatic heterocycles. The Morgan fingerprint density at radius 3 is 2.54 bits per heavy atom. The molecule has 0 amide bonds. The third kappa shape index (κ3) is 3.70. The van der Waals surface area contributed by atoms with Gasteiger partial charge in [0.05, 0.1) is 6.21 Å². The van der Waals surface area contributed by atoms with Crippen molar-refractivity contribution in [3.63, 3.8) is 0 Å². The third-order valence-corrected chi connectivity index (χ3v) is 3.60. The number of aromatic nitrogens is 1. The normalized spacial score (nSPS) is 11.5. The Morgan fingerprint density at radius 2 is 1.75 bits per heavy atom. The van der Waals surface area contributed by atoms with Crippen molar-refractivity contribution < 1.29 is 0 Å². The number of nitrogens with zero attached hydrogens (tertiary/aromatic N) is 3. The van der Waals surface area contributed by atoms with E-state index in [0.717, 1.165) is 23.0 Å². The zero-order chi connectivity index (χ0) is 16.8. The van der Waals surface area contributed by atoms with Crippen LogP contribution in [0.5, 0.6) is 0 Å². The van der Waals surface area contributed by atoms with Gasteiger partial charge in [0.2, 0.25) is 5.96 Å². The highest BCUT2D eigenvalue weighted by Crippen LogP contribution is 2.20. The van der Waals surface area contributed by atoms with Crippen LogP contribution in [0, 0.1) is 0 Å². The number of hydrogen-bond acceptors (Lipinski definition) is 2. The number of allylic oxidation sites excluding steroid dienone is 1. The molecular weight excluding hydrogens is 298 g/mol. The minimum atomic E-state index is -0.0548. The van der Waals surface area contributed by atoms with Crippen LogP contribution in [0.3, 0.4) is 0 Å². The summed E-state index contributed by atoms with van der Waals surface area (Å²) in [6, 6.07) is 18.4. The maximum Gasteiger partial charge on any atom is 0.211 e. The van der Waals surface area contributed by atoms with Crippen molar-refractivity contribution in [2.45, 2.75) is 6.54 Å². The van der Waals surface area contributed by atoms with Crippen LogP contribution in [0.25, 0.3) is 17.0 Å². The van der Waals surface area contributed by atoms with Crippen molar-refractivity contribution in [3.8, 4) is 0 Å². The van der Waals surface area contributed by atoms with Gasteiger partial charge in [-0.3, -0.25) is 0 Å². The molecule has 3 aromatic rings. The lowest BCUT2D eigenvalue weighted by Crippen LogP contribution is -2.21. The standard InChI is InChI=1S/C19H19N5/c20-19(21)23-22-13-16-14-24(18-11-5-4-10-17(16)18)12-6-9-15-7-2-1-3-8-15/h1-11,13-14H,12H2,(H4,20,21,23)/b9-6+,22-13+. The van der Waals surface area contributed by atoms with Gasteiger partial charge in [0, 0.05) is 29.2 Å². The first-order chi connectivity index (χ1) is 11.7. The Morgan fingerprint density at radius 1 is 1.00 bits per heavy atom. The van der Waals surface area contributed by atoms with Crippen molar-refractivity contribution >= 4 is 29.2 Å². The molecule has 120 valence electrons. The van der Waals surface area contributed by atoms with Crippen molar-refractivity contribution in [3.05, 3.63) is 78.0 Å². The van der Waals surface area contributed by atoms with Gasteiger partial charge in [-0.2, -0.15) is 5.10 Å². The molecular formula is C19H19N5. The number of guanidine groups is 1. The van der Waals surface area contributed by atoms with E-state index in [1.807, 2.05) is 36.5 Å². The smallest absolute Gasteiger partial charge is 0.211 e. The minimum absolute atomic E-state index is 0.0548. The summed E-state index contributed by atoms with van der Waals surface area (Å²) in [6.45, 7) is 0.769. The van der Waals surface area contributed by atoms with E-state index in [2.05, 4.69) is 51.2 Å². The lowest BCUT2D eigenvalue weighted by atomic mass is 10.2. The highest BCUT2D eigenvalue weighted by molar-refractivity contribution is 5.99. The van der Waals surface area contributed by atoms with Crippen LogP contribution in [-0.2, 0) is 6.54 Å². The Labute approximate surface area is 140 Å². The zero-order valence-corrected chi connectivity index (χ0v) is 13.2. The molecule has 1 heterocycles. The average molecular weight is 317 g/mol. The second-order valence-electron chi connectivity index (χ2n) is 5.34. The molecule has 0 fully saturated rings. The van der Waals surface area contributed by atoms with Crippen molar-refractivity contribution in [2.24, 2.45) is 21.7 Å². The summed E-state index contributed by atoms with van der Waals surface area (Å²) >= 11 is 0. The molecule has 0 aliphatic carbocycles. The summed E-state index contributed by atoms with van der Waals surface area (Å²) in [4.78, 5) is 0. The van der Waals surface area contributed by atoms with Crippen molar-refractivity contribution in [2.75, 3.05) is 0 Å². The Kier molecular flexibility index (Phi) is 4.72. The Balaban J connectivity index is 1.87. The molecule has 5 heteroatoms. The van der Waals surface area contributed by atoms with Crippen LogP contribution in [0.2, 0.25) is 0 Å². The first kappa shape index (κ1) is 15.6. The van der Waals surface area contributed by atoms with Gasteiger partial charge in [0.15, 0.2) is 0 Å². The topological polar surface area (TPSA) is 81.7 Å². The molecule has 5 nitrogen and oxygen atoms in total. The lowest BCUT2D eigenvalue weighted by molar-refractivity contribution is 0.866. The number of para-hydroxylation sites is 1. The molecule has 3 rings (SSSR count). The predicted octanol–water partition coefficient (Wildman–Crippen LogP) is 2.96. The van der Waals surface area contributed by atoms with E-state index in [1.54, 1.807) is 6.21 Å². The minimum Gasteiger partial charge on any atom is -0.369 e. The van der Waals surface area contributed by atoms with Gasteiger partial charge in [0.1, 0.15) is 0 Å². The second-order valence-corrected chi connectivity index (χ2v) is 5.34. The second kappa shape index (κ2) is 7.28. The first-order valence-electron chi connectivity index (χ1n) is 7.65. The van der Waals surface area contributed by atoms with E-state index in [4.69, 9.17) is 11.5 Å². The van der Waals surface area contributed by atoms with Crippen LogP contribution >= 0.6 is 0 Å². The van der Waals surface area contributed by atoms with Gasteiger partial charge in [-0.25, -0.2) is 0 Å². The quantitative estimate of drug-likeness (QED) is 0.431. The number of hydrogen-bond donors (Lipinski definition) is 2. The SMILES string of the molecule is NC(N)=N/N=C/c1cn(C/C=C/c2ccccc2)c2ccccc12. The third-order valence-electron chi connectivity index (χ3n) is 3.60. The fourth-order valence-corrected chi connectivity index (χ4v) is 2.55. The van der Waals surface area contributed by atoms with E-state index >= 15 is 0 Å². The molecule has 0 aliphatic rings. The van der Waals surface area contributed by atoms with Gasteiger partial charge in [-0.1, -0.05) is 60.7 Å². The van der Waals surface area contributed by atoms with Gasteiger partial charge in [0.25, 0.3) is 0 Å². The number of rotatable bonds is 5. The summed E-state index contributed by atoms with van der Waals surface area (Å²) < 4.78 is 2.17. The fourth-order valence-electron chi connectivity index (χ4n) is 2.55. The maximum atomic E-state index is 5.30. The lowest BCUT2D eigenvalue weighted by Gasteiger charge is -2.00. The molecule has 24 heavy (non-hydrogen) atoms. The summed E-state index contributed by atoms with van der Waals surface area (Å²) in [7, 11) is 0. The number of benzene rings is 2. The Hall–Kier alpha value is -3.34. The van der Waals surface area contributed by atoms with Gasteiger partial charge < -0.3 is 16.0 Å². The van der Waals surface area contributed by atoms with E-state index in [0.29, 0.717) is 0 Å². The summed E-state index contributed by atoms with van der Waals surface area (Å²) in [5, 5.41) is 8.68. The highest BCUT2D eigenvalue weighted by Gasteiger charge is 2.05. The molecule has 0 saturated carbocycles. The summed E-state index contributed by atoms with van der Waals surface area (Å²) in [5.41, 5.74) is 13.9. The van der Waals surface area contributed by atoms with Crippen LogP contribution in [0.4, 0.5) is 0 Å². The molecule has 0 aliphatic heterocycles. The van der Waals surface area contributed by atoms with Crippen molar-refractivity contribution in [1.29, 1.82) is 0 Å². The average Bonchev–Trinajstić information content (AvgIpc) is 2.94. The van der Waals surface area contributed by atoms with Crippen LogP contribution in [-0.4, -0.2) is 16.7 Å². The van der Waals surface area contributed by atoms with Crippen molar-refractivity contribution in [1.82, 2.24) is 4.57 Å². The van der Waals surface area contributed by atoms with E-state index < -0.39 is 0 Å². The predicted molar refractivity (Wildman–Crippen MR) is 101 cm³/mol. The van der Waals surface area contributed by atoms with Gasteiger partial charge >= 0.3 is 0 Å². The number of nitrogens with two attached hydrogens (primary N) is 2. The monoisotopic (exact) mass is 317 g/mol. The molecule has 0 radical (unpaired) electrons. The molecule has 0 unspecified atom stereocenters. The Bertz CT molecular complexity index is 900. The van der Waals surface area contributed by atoms with E-state index in [-0.39, 0.29) is 5.96 Å². The van der Waals surface area contributed by atoms with Crippen LogP contribution in [0.15, 0.2) is 77.1 Å². The van der Waals surface area contributed by atoms with Gasteiger partial charge in [-0.15, -0.1) is 5.10 Å². The fraction of sp³-hybridized carbons (Fsp3) is 0.0526. The van der Waals surface area contributed by atoms with Gasteiger partial charge in [-0.05, 0) is 11.6 Å². The molecule has 0 atom stereocenters. The molecule has 0 spiro atoms. The van der Waals surface area contributed by atoms with E-state index in [9.17, 15) is 0 Å². The molecule has 2 aromatic carbocycles. The highest BCUT2D eigenvalue weighted by atomic mass is 15.3. The molecule has 0 saturated heterocycles. The van der Waals surface area contributed by atoms with Crippen LogP contribution in [0.1, 0.15) is 11.1 Å².